The highest BCUT2D eigenvalue weighted by Gasteiger charge is 2.22. The van der Waals surface area contributed by atoms with E-state index in [0.717, 1.165) is 96.3 Å². The molecule has 0 radical (unpaired) electrons. The van der Waals surface area contributed by atoms with Crippen LogP contribution in [0, 0.1) is 0 Å². The fourth-order valence-electron chi connectivity index (χ4n) is 7.52. The first-order valence-electron chi connectivity index (χ1n) is 28.4. The number of quaternary nitrogens is 1. The summed E-state index contributed by atoms with van der Waals surface area (Å²) in [6.07, 6.45) is 67.4. The van der Waals surface area contributed by atoms with Gasteiger partial charge in [-0.2, -0.15) is 0 Å². The van der Waals surface area contributed by atoms with Gasteiger partial charge in [0.15, 0.2) is 12.4 Å². The van der Waals surface area contributed by atoms with Gasteiger partial charge in [-0.15, -0.1) is 0 Å². The van der Waals surface area contributed by atoms with E-state index >= 15 is 0 Å². The number of aliphatic carboxylic acids is 1. The van der Waals surface area contributed by atoms with Crippen molar-refractivity contribution in [2.45, 2.75) is 232 Å². The fourth-order valence-corrected chi connectivity index (χ4v) is 7.52. The molecule has 9 nitrogen and oxygen atoms in total. The number of hydrogen-bond donors (Lipinski definition) is 0. The molecule has 2 unspecified atom stereocenters. The predicted octanol–water partition coefficient (Wildman–Crippen LogP) is 15.2. The van der Waals surface area contributed by atoms with Gasteiger partial charge >= 0.3 is 11.9 Å². The number of carboxylic acid groups (broad SMARTS) is 1. The number of ether oxygens (including phenoxy) is 4. The molecular weight excluding hydrogens is 887 g/mol. The summed E-state index contributed by atoms with van der Waals surface area (Å²) in [6, 6.07) is 0. The first-order chi connectivity index (χ1) is 34.6. The third-order valence-electron chi connectivity index (χ3n) is 11.8. The SMILES string of the molecule is CC/C=C\C/C=C\C/C=C\C/C=C\CCCCCCCCCCCCCCCCCCC(=O)OC(COC(=O)CCCCCC/C=C\C/C=C\C/C=C\C/C=C\CC)COC(OCC[N+](C)(C)C)C(=O)[O-]. The van der Waals surface area contributed by atoms with E-state index in [9.17, 15) is 19.5 Å². The van der Waals surface area contributed by atoms with Gasteiger partial charge < -0.3 is 33.3 Å². The Balaban J connectivity index is 4.23. The van der Waals surface area contributed by atoms with Crippen LogP contribution in [-0.4, -0.2) is 82.3 Å². The predicted molar refractivity (Wildman–Crippen MR) is 297 cm³/mol. The van der Waals surface area contributed by atoms with Gasteiger partial charge in [-0.1, -0.05) is 214 Å². The lowest BCUT2D eigenvalue weighted by atomic mass is 10.0. The molecule has 0 aromatic heterocycles. The summed E-state index contributed by atoms with van der Waals surface area (Å²) >= 11 is 0. The largest absolute Gasteiger partial charge is 0.545 e. The molecule has 0 saturated carbocycles. The molecule has 406 valence electrons. The van der Waals surface area contributed by atoms with Gasteiger partial charge in [0.05, 0.1) is 40.3 Å². The summed E-state index contributed by atoms with van der Waals surface area (Å²) in [7, 11) is 5.91. The van der Waals surface area contributed by atoms with E-state index in [1.165, 1.54) is 83.5 Å². The highest BCUT2D eigenvalue weighted by molar-refractivity contribution is 5.70. The third kappa shape index (κ3) is 53.8. The quantitative estimate of drug-likeness (QED) is 0.0195. The molecule has 71 heavy (non-hydrogen) atoms. The molecular formula is C62H105NO8. The smallest absolute Gasteiger partial charge is 0.306 e. The zero-order chi connectivity index (χ0) is 52.0. The number of esters is 2. The maximum absolute atomic E-state index is 12.9. The zero-order valence-electron chi connectivity index (χ0n) is 46.1. The Labute approximate surface area is 435 Å². The molecule has 9 heteroatoms. The molecule has 0 bridgehead atoms. The standard InChI is InChI=1S/C62H105NO8/c1-6-8-10-12-14-16-18-20-22-24-25-26-27-28-29-30-31-32-33-34-35-37-39-41-43-45-47-49-51-53-60(65)71-58(57-70-62(61(66)67)68-55-54-63(3,4)5)56-69-59(64)52-50-48-46-44-42-40-38-36-23-21-19-17-15-13-11-9-7-2/h8-11,14-17,20-23,25-26,38,40,58,62H,6-7,12-13,18-19,24,27-37,39,41-57H2,1-5H3/b10-8-,11-9-,16-14-,17-15-,22-20-,23-21-,26-25-,40-38-. The molecule has 0 aromatic rings. The highest BCUT2D eigenvalue weighted by Crippen LogP contribution is 2.16. The fraction of sp³-hybridized carbons (Fsp3) is 0.694. The minimum Gasteiger partial charge on any atom is -0.545 e. The van der Waals surface area contributed by atoms with Crippen LogP contribution in [0.3, 0.4) is 0 Å². The molecule has 0 rings (SSSR count). The molecule has 0 saturated heterocycles. The van der Waals surface area contributed by atoms with E-state index in [1.807, 2.05) is 21.1 Å². The van der Waals surface area contributed by atoms with Crippen LogP contribution < -0.4 is 5.11 Å². The monoisotopic (exact) mass is 992 g/mol. The molecule has 0 fully saturated rings. The first kappa shape index (κ1) is 67.2. The van der Waals surface area contributed by atoms with E-state index in [0.29, 0.717) is 23.9 Å². The maximum Gasteiger partial charge on any atom is 0.306 e. The molecule has 0 aliphatic rings. The summed E-state index contributed by atoms with van der Waals surface area (Å²) in [5.74, 6) is -2.32. The second-order valence-corrected chi connectivity index (χ2v) is 19.8. The van der Waals surface area contributed by atoms with Crippen LogP contribution >= 0.6 is 0 Å². The summed E-state index contributed by atoms with van der Waals surface area (Å²) in [4.78, 5) is 37.2. The van der Waals surface area contributed by atoms with E-state index in [4.69, 9.17) is 18.9 Å². The van der Waals surface area contributed by atoms with Crippen LogP contribution in [0.15, 0.2) is 97.2 Å². The average molecular weight is 993 g/mol. The Morgan fingerprint density at radius 1 is 0.423 bits per heavy atom. The van der Waals surface area contributed by atoms with Gasteiger partial charge in [-0.3, -0.25) is 9.59 Å². The van der Waals surface area contributed by atoms with Crippen LogP contribution in [0.5, 0.6) is 0 Å². The number of carbonyl (C=O) groups is 3. The molecule has 2 atom stereocenters. The zero-order valence-corrected chi connectivity index (χ0v) is 46.1. The Morgan fingerprint density at radius 3 is 1.13 bits per heavy atom. The topological polar surface area (TPSA) is 111 Å². The Hall–Kier alpha value is -3.79. The number of nitrogens with zero attached hydrogens (tertiary/aromatic N) is 1. The van der Waals surface area contributed by atoms with Gasteiger partial charge in [0.2, 0.25) is 0 Å². The van der Waals surface area contributed by atoms with Crippen molar-refractivity contribution in [2.24, 2.45) is 0 Å². The number of carbonyl (C=O) groups excluding carboxylic acids is 3. The van der Waals surface area contributed by atoms with Gasteiger partial charge in [-0.25, -0.2) is 0 Å². The van der Waals surface area contributed by atoms with Crippen LogP contribution in [0.4, 0.5) is 0 Å². The normalized spacial score (nSPS) is 13.5. The van der Waals surface area contributed by atoms with E-state index in [1.54, 1.807) is 0 Å². The van der Waals surface area contributed by atoms with Crippen molar-refractivity contribution in [3.05, 3.63) is 97.2 Å². The van der Waals surface area contributed by atoms with Crippen LogP contribution in [0.25, 0.3) is 0 Å². The van der Waals surface area contributed by atoms with Crippen molar-refractivity contribution in [1.29, 1.82) is 0 Å². The lowest BCUT2D eigenvalue weighted by molar-refractivity contribution is -0.870. The highest BCUT2D eigenvalue weighted by atomic mass is 16.7. The molecule has 0 N–H and O–H groups in total. The number of hydrogen-bond acceptors (Lipinski definition) is 8. The Morgan fingerprint density at radius 2 is 0.761 bits per heavy atom. The Bertz CT molecular complexity index is 1480. The lowest BCUT2D eigenvalue weighted by Gasteiger charge is -2.26. The number of rotatable bonds is 51. The van der Waals surface area contributed by atoms with Gasteiger partial charge in [0, 0.05) is 12.8 Å². The van der Waals surface area contributed by atoms with Crippen molar-refractivity contribution in [3.63, 3.8) is 0 Å². The molecule has 0 aliphatic heterocycles. The molecule has 0 aliphatic carbocycles. The second-order valence-electron chi connectivity index (χ2n) is 19.8. The van der Waals surface area contributed by atoms with Crippen molar-refractivity contribution < 1.29 is 42.9 Å². The minimum absolute atomic E-state index is 0.140. The van der Waals surface area contributed by atoms with Crippen LogP contribution in [-0.2, 0) is 33.3 Å². The van der Waals surface area contributed by atoms with Crippen LogP contribution in [0.1, 0.15) is 219 Å². The average Bonchev–Trinajstić information content (AvgIpc) is 3.34. The lowest BCUT2D eigenvalue weighted by Crippen LogP contribution is -2.44. The first-order valence-corrected chi connectivity index (χ1v) is 28.4. The summed E-state index contributed by atoms with van der Waals surface area (Å²) in [6.45, 7) is 4.49. The maximum atomic E-state index is 12.9. The summed E-state index contributed by atoms with van der Waals surface area (Å²) in [5, 5.41) is 11.8. The molecule has 0 spiro atoms. The van der Waals surface area contributed by atoms with Crippen molar-refractivity contribution in [2.75, 3.05) is 47.5 Å². The van der Waals surface area contributed by atoms with Crippen LogP contribution in [0.2, 0.25) is 0 Å². The van der Waals surface area contributed by atoms with E-state index < -0.39 is 24.3 Å². The number of likely N-dealkylation sites (N-methyl/N-ethyl adjacent to an activating group) is 1. The minimum atomic E-state index is -1.63. The van der Waals surface area contributed by atoms with Crippen molar-refractivity contribution in [1.82, 2.24) is 0 Å². The van der Waals surface area contributed by atoms with Gasteiger partial charge in [0.1, 0.15) is 13.2 Å². The Kier molecular flexibility index (Phi) is 49.7. The molecule has 0 amide bonds. The molecule has 0 heterocycles. The number of allylic oxidation sites excluding steroid dienone is 16. The number of carboxylic acids is 1. The second kappa shape index (κ2) is 52.5. The van der Waals surface area contributed by atoms with Crippen molar-refractivity contribution >= 4 is 17.9 Å². The molecule has 0 aromatic carbocycles. The van der Waals surface area contributed by atoms with E-state index in [-0.39, 0.29) is 38.6 Å². The van der Waals surface area contributed by atoms with Crippen molar-refractivity contribution in [3.8, 4) is 0 Å². The third-order valence-corrected chi connectivity index (χ3v) is 11.8. The number of unbranched alkanes of at least 4 members (excludes halogenated alkanes) is 20. The van der Waals surface area contributed by atoms with E-state index in [2.05, 4.69) is 111 Å². The summed E-state index contributed by atoms with van der Waals surface area (Å²) in [5.41, 5.74) is 0. The summed E-state index contributed by atoms with van der Waals surface area (Å²) < 4.78 is 22.7. The van der Waals surface area contributed by atoms with Gasteiger partial charge in [0.25, 0.3) is 0 Å². The van der Waals surface area contributed by atoms with Gasteiger partial charge in [-0.05, 0) is 89.9 Å².